The number of rotatable bonds is 15. The Morgan fingerprint density at radius 1 is 0.833 bits per heavy atom. The molecule has 2 atom stereocenters. The van der Waals surface area contributed by atoms with Crippen molar-refractivity contribution in [2.45, 2.75) is 51.4 Å². The average Bonchev–Trinajstić information content (AvgIpc) is 3.32. The van der Waals surface area contributed by atoms with Gasteiger partial charge in [0, 0.05) is 26.3 Å². The van der Waals surface area contributed by atoms with Gasteiger partial charge in [-0.05, 0) is 70.0 Å². The molecule has 0 bridgehead atoms. The SMILES string of the molecule is COCOc1ccc(OC)c(F)c1C(=O)c1ccc(C(=O)O[C@@H]2CCCN(OC(=O)OC(C)(C)C)C[C@H]2NC(=O)c2cccc(OC)c2OCOC)cc1. The molecule has 1 N–H and O–H groups in total. The van der Waals surface area contributed by atoms with E-state index in [1.807, 2.05) is 0 Å². The lowest BCUT2D eigenvalue weighted by molar-refractivity contribution is -0.144. The molecule has 1 heterocycles. The van der Waals surface area contributed by atoms with E-state index in [1.165, 1.54) is 76.0 Å². The van der Waals surface area contributed by atoms with Crippen LogP contribution < -0.4 is 24.3 Å². The first-order valence-electron chi connectivity index (χ1n) is 16.9. The van der Waals surface area contributed by atoms with Crippen LogP contribution in [0.15, 0.2) is 54.6 Å². The third-order valence-corrected chi connectivity index (χ3v) is 7.91. The van der Waals surface area contributed by atoms with Gasteiger partial charge < -0.3 is 48.0 Å². The van der Waals surface area contributed by atoms with Crippen molar-refractivity contribution in [3.63, 3.8) is 0 Å². The number of nitrogens with zero attached hydrogens (tertiary/aromatic N) is 1. The minimum Gasteiger partial charge on any atom is -0.494 e. The second-order valence-corrected chi connectivity index (χ2v) is 12.9. The summed E-state index contributed by atoms with van der Waals surface area (Å²) < 4.78 is 58.0. The molecule has 4 rings (SSSR count). The minimum atomic E-state index is -0.938. The van der Waals surface area contributed by atoms with Crippen molar-refractivity contribution in [1.82, 2.24) is 10.4 Å². The maximum absolute atomic E-state index is 15.3. The van der Waals surface area contributed by atoms with E-state index in [-0.39, 0.29) is 78.3 Å². The zero-order chi connectivity index (χ0) is 39.4. The van der Waals surface area contributed by atoms with Gasteiger partial charge in [-0.2, -0.15) is 0 Å². The molecule has 15 nitrogen and oxygen atoms in total. The topological polar surface area (TPSA) is 167 Å². The Bertz CT molecular complexity index is 1780. The van der Waals surface area contributed by atoms with Crippen LogP contribution in [0.1, 0.15) is 70.3 Å². The molecule has 1 saturated heterocycles. The van der Waals surface area contributed by atoms with E-state index in [0.717, 1.165) is 0 Å². The predicted octanol–water partition coefficient (Wildman–Crippen LogP) is 5.33. The Morgan fingerprint density at radius 3 is 2.13 bits per heavy atom. The van der Waals surface area contributed by atoms with Gasteiger partial charge in [0.15, 0.2) is 42.4 Å². The number of para-hydroxylation sites is 1. The van der Waals surface area contributed by atoms with Gasteiger partial charge in [0.25, 0.3) is 5.91 Å². The molecule has 0 saturated carbocycles. The van der Waals surface area contributed by atoms with Crippen molar-refractivity contribution in [2.75, 3.05) is 55.1 Å². The molecule has 3 aromatic rings. The maximum Gasteiger partial charge on any atom is 0.528 e. The fourth-order valence-corrected chi connectivity index (χ4v) is 5.46. The summed E-state index contributed by atoms with van der Waals surface area (Å²) in [5, 5.41) is 4.24. The molecule has 0 unspecified atom stereocenters. The number of ether oxygens (including phenoxy) is 8. The first-order chi connectivity index (χ1) is 25.8. The first kappa shape index (κ1) is 41.3. The minimum absolute atomic E-state index is 0.0545. The standard InChI is InChI=1S/C38H45FN2O13/c1-38(2,3)53-37(45)54-41-19-9-12-27(26(20-41)40-35(43)25-10-8-11-30(49-7)34(25)51-22-47-5)52-36(44)24-15-13-23(14-16-24)33(42)31-28(50-21-46-4)17-18-29(48-6)32(31)39/h8,10-11,13-18,26-27H,9,12,19-22H2,1-7H3,(H,40,43)/t26-,27-/m1/s1. The third kappa shape index (κ3) is 10.8. The van der Waals surface area contributed by atoms with Crippen LogP contribution in [-0.2, 0) is 23.8 Å². The van der Waals surface area contributed by atoms with Gasteiger partial charge in [-0.25, -0.2) is 14.0 Å². The number of halogens is 1. The number of hydrogen-bond donors (Lipinski definition) is 1. The fraction of sp³-hybridized carbons (Fsp3) is 0.421. The van der Waals surface area contributed by atoms with Crippen LogP contribution in [0, 0.1) is 5.82 Å². The predicted molar refractivity (Wildman–Crippen MR) is 189 cm³/mol. The second kappa shape index (κ2) is 19.0. The quantitative estimate of drug-likeness (QED) is 0.120. The van der Waals surface area contributed by atoms with Crippen LogP contribution in [0.2, 0.25) is 0 Å². The molecular weight excluding hydrogens is 711 g/mol. The number of benzene rings is 3. The van der Waals surface area contributed by atoms with Gasteiger partial charge >= 0.3 is 12.1 Å². The van der Waals surface area contributed by atoms with Crippen molar-refractivity contribution in [1.29, 1.82) is 0 Å². The van der Waals surface area contributed by atoms with Crippen LogP contribution in [0.5, 0.6) is 23.0 Å². The van der Waals surface area contributed by atoms with Crippen LogP contribution in [0.25, 0.3) is 0 Å². The van der Waals surface area contributed by atoms with E-state index in [4.69, 9.17) is 42.7 Å². The van der Waals surface area contributed by atoms with Gasteiger partial charge in [0.05, 0.1) is 37.9 Å². The second-order valence-electron chi connectivity index (χ2n) is 12.9. The number of esters is 1. The van der Waals surface area contributed by atoms with Crippen LogP contribution in [0.4, 0.5) is 9.18 Å². The number of nitrogens with one attached hydrogen (secondary N) is 1. The van der Waals surface area contributed by atoms with Gasteiger partial charge in [-0.3, -0.25) is 9.59 Å². The van der Waals surface area contributed by atoms with E-state index in [9.17, 15) is 19.2 Å². The van der Waals surface area contributed by atoms with Crippen LogP contribution >= 0.6 is 0 Å². The largest absolute Gasteiger partial charge is 0.528 e. The summed E-state index contributed by atoms with van der Waals surface area (Å²) in [6.45, 7) is 4.86. The Kier molecular flexibility index (Phi) is 14.6. The van der Waals surface area contributed by atoms with E-state index in [0.29, 0.717) is 6.42 Å². The summed E-state index contributed by atoms with van der Waals surface area (Å²) in [6.07, 6.45) is -1.17. The Morgan fingerprint density at radius 2 is 1.48 bits per heavy atom. The normalized spacial score (nSPS) is 16.0. The molecular formula is C38H45FN2O13. The molecule has 16 heteroatoms. The van der Waals surface area contributed by atoms with E-state index in [2.05, 4.69) is 5.32 Å². The number of hydrogen-bond acceptors (Lipinski definition) is 14. The van der Waals surface area contributed by atoms with Crippen molar-refractivity contribution in [3.05, 3.63) is 82.7 Å². The molecule has 1 aliphatic rings. The highest BCUT2D eigenvalue weighted by atomic mass is 19.1. The summed E-state index contributed by atoms with van der Waals surface area (Å²) in [5.41, 5.74) is -0.942. The third-order valence-electron chi connectivity index (χ3n) is 7.91. The molecule has 0 spiro atoms. The lowest BCUT2D eigenvalue weighted by Crippen LogP contribution is -2.50. The molecule has 0 aliphatic carbocycles. The van der Waals surface area contributed by atoms with Crippen molar-refractivity contribution in [2.24, 2.45) is 0 Å². The lowest BCUT2D eigenvalue weighted by atomic mass is 10.00. The van der Waals surface area contributed by atoms with E-state index in [1.54, 1.807) is 32.9 Å². The zero-order valence-corrected chi connectivity index (χ0v) is 31.2. The lowest BCUT2D eigenvalue weighted by Gasteiger charge is -2.29. The Hall–Kier alpha value is -5.45. The van der Waals surface area contributed by atoms with Crippen molar-refractivity contribution in [3.8, 4) is 23.0 Å². The molecule has 1 aliphatic heterocycles. The Balaban J connectivity index is 1.58. The van der Waals surface area contributed by atoms with Crippen molar-refractivity contribution >= 4 is 23.8 Å². The molecule has 292 valence electrons. The maximum atomic E-state index is 15.3. The van der Waals surface area contributed by atoms with Gasteiger partial charge in [-0.15, -0.1) is 5.06 Å². The van der Waals surface area contributed by atoms with E-state index >= 15 is 4.39 Å². The fourth-order valence-electron chi connectivity index (χ4n) is 5.46. The van der Waals surface area contributed by atoms with Gasteiger partial charge in [0.2, 0.25) is 0 Å². The molecule has 54 heavy (non-hydrogen) atoms. The van der Waals surface area contributed by atoms with Crippen LogP contribution in [-0.4, -0.2) is 102 Å². The van der Waals surface area contributed by atoms with Gasteiger partial charge in [-0.1, -0.05) is 18.2 Å². The highest BCUT2D eigenvalue weighted by Gasteiger charge is 2.35. The van der Waals surface area contributed by atoms with Gasteiger partial charge in [0.1, 0.15) is 23.0 Å². The summed E-state index contributed by atoms with van der Waals surface area (Å²) in [5.74, 6) is -2.79. The first-order valence-corrected chi connectivity index (χ1v) is 16.9. The number of amides is 1. The van der Waals surface area contributed by atoms with E-state index < -0.39 is 47.4 Å². The highest BCUT2D eigenvalue weighted by molar-refractivity contribution is 6.11. The number of hydroxylamine groups is 2. The smallest absolute Gasteiger partial charge is 0.494 e. The molecule has 0 aromatic heterocycles. The summed E-state index contributed by atoms with van der Waals surface area (Å²) in [4.78, 5) is 58.9. The zero-order valence-electron chi connectivity index (χ0n) is 31.2. The average molecular weight is 757 g/mol. The molecule has 0 radical (unpaired) electrons. The summed E-state index contributed by atoms with van der Waals surface area (Å²) >= 11 is 0. The van der Waals surface area contributed by atoms with Crippen LogP contribution in [0.3, 0.4) is 0 Å². The molecule has 3 aromatic carbocycles. The highest BCUT2D eigenvalue weighted by Crippen LogP contribution is 2.33. The number of carbonyl (C=O) groups is 4. The number of carbonyl (C=O) groups excluding carboxylic acids is 4. The monoisotopic (exact) mass is 756 g/mol. The number of ketones is 1. The van der Waals surface area contributed by atoms with Crippen molar-refractivity contribution < 1.29 is 66.3 Å². The summed E-state index contributed by atoms with van der Waals surface area (Å²) in [7, 11) is 5.51. The molecule has 1 amide bonds. The summed E-state index contributed by atoms with van der Waals surface area (Å²) in [6, 6.07) is 12.0. The Labute approximate surface area is 312 Å². The number of methoxy groups -OCH3 is 4. The molecule has 1 fully saturated rings.